The fraction of sp³-hybridized carbons (Fsp3) is 0.333. The molecule has 1 aromatic carbocycles. The molecule has 1 rings (SSSR count). The summed E-state index contributed by atoms with van der Waals surface area (Å²) in [5, 5.41) is 0. The van der Waals surface area contributed by atoms with E-state index in [4.69, 9.17) is 18.9 Å². The molecule has 1 N–H and O–H groups in total. The Morgan fingerprint density at radius 1 is 1.44 bits per heavy atom. The van der Waals surface area contributed by atoms with E-state index in [1.54, 1.807) is 31.2 Å². The van der Waals surface area contributed by atoms with E-state index in [1.807, 2.05) is 6.92 Å². The minimum Gasteiger partial charge on any atom is -0.466 e. The average molecular weight is 271 g/mol. The molecule has 6 heteroatoms. The predicted octanol–water partition coefficient (Wildman–Crippen LogP) is 3.30. The van der Waals surface area contributed by atoms with E-state index in [9.17, 15) is 4.57 Å². The number of hydrogen-bond donors (Lipinski definition) is 1. The van der Waals surface area contributed by atoms with Crippen molar-refractivity contribution >= 4 is 8.25 Å². The molecule has 98 valence electrons. The first kappa shape index (κ1) is 14.6. The third-order valence-corrected chi connectivity index (χ3v) is 2.63. The molecule has 0 radical (unpaired) electrons. The molecular weight excluding hydrogens is 255 g/mol. The van der Waals surface area contributed by atoms with Crippen molar-refractivity contribution in [3.05, 3.63) is 42.4 Å². The van der Waals surface area contributed by atoms with Crippen LogP contribution in [-0.2, 0) is 13.8 Å². The lowest BCUT2D eigenvalue weighted by Crippen LogP contribution is -1.99. The second-order valence-corrected chi connectivity index (χ2v) is 4.15. The van der Waals surface area contributed by atoms with Gasteiger partial charge in [-0.2, -0.15) is 0 Å². The van der Waals surface area contributed by atoms with Gasteiger partial charge in [0.25, 0.3) is 5.95 Å². The molecule has 0 aliphatic heterocycles. The molecule has 2 unspecified atom stereocenters. The lowest BCUT2D eigenvalue weighted by atomic mass is 10.1. The van der Waals surface area contributed by atoms with Crippen molar-refractivity contribution in [1.29, 1.82) is 0 Å². The molecule has 0 fully saturated rings. The smallest absolute Gasteiger partial charge is 0.466 e. The highest BCUT2D eigenvalue weighted by Gasteiger charge is 2.20. The van der Waals surface area contributed by atoms with Gasteiger partial charge in [-0.05, 0) is 38.1 Å². The van der Waals surface area contributed by atoms with Gasteiger partial charge in [0.15, 0.2) is 0 Å². The SMILES string of the molecule is C=C(OCC)Oc1ccc(C(C)O[P+](=O)O)cc1. The Balaban J connectivity index is 2.62. The van der Waals surface area contributed by atoms with Crippen molar-refractivity contribution in [2.75, 3.05) is 6.61 Å². The maximum Gasteiger partial charge on any atom is 0.695 e. The second-order valence-electron chi connectivity index (χ2n) is 3.46. The van der Waals surface area contributed by atoms with E-state index in [0.29, 0.717) is 12.4 Å². The number of ether oxygens (including phenoxy) is 2. The van der Waals surface area contributed by atoms with E-state index in [1.165, 1.54) is 0 Å². The molecule has 0 aliphatic carbocycles. The van der Waals surface area contributed by atoms with Crippen LogP contribution in [-0.4, -0.2) is 11.5 Å². The summed E-state index contributed by atoms with van der Waals surface area (Å²) in [7, 11) is -2.61. The van der Waals surface area contributed by atoms with Gasteiger partial charge in [0, 0.05) is 4.57 Å². The molecule has 0 amide bonds. The van der Waals surface area contributed by atoms with Gasteiger partial charge in [-0.25, -0.2) is 0 Å². The molecule has 18 heavy (non-hydrogen) atoms. The third kappa shape index (κ3) is 4.84. The van der Waals surface area contributed by atoms with Gasteiger partial charge in [0.1, 0.15) is 11.9 Å². The normalized spacial score (nSPS) is 12.7. The molecule has 0 bridgehead atoms. The van der Waals surface area contributed by atoms with E-state index in [2.05, 4.69) is 6.58 Å². The van der Waals surface area contributed by atoms with Crippen LogP contribution in [0.2, 0.25) is 0 Å². The van der Waals surface area contributed by atoms with Crippen LogP contribution in [0, 0.1) is 0 Å². The first-order chi connectivity index (χ1) is 8.52. The highest BCUT2D eigenvalue weighted by Crippen LogP contribution is 2.29. The summed E-state index contributed by atoms with van der Waals surface area (Å²) in [6.45, 7) is 7.62. The molecule has 1 aromatic rings. The zero-order valence-electron chi connectivity index (χ0n) is 10.3. The minimum atomic E-state index is -2.61. The van der Waals surface area contributed by atoms with Crippen LogP contribution in [0.5, 0.6) is 5.75 Å². The zero-order chi connectivity index (χ0) is 13.5. The Kier molecular flexibility index (Phi) is 5.78. The largest absolute Gasteiger partial charge is 0.695 e. The van der Waals surface area contributed by atoms with Crippen molar-refractivity contribution in [3.63, 3.8) is 0 Å². The summed E-state index contributed by atoms with van der Waals surface area (Å²) in [5.41, 5.74) is 0.779. The monoisotopic (exact) mass is 271 g/mol. The Bertz CT molecular complexity index is 415. The van der Waals surface area contributed by atoms with Crippen LogP contribution >= 0.6 is 8.25 Å². The summed E-state index contributed by atoms with van der Waals surface area (Å²) in [4.78, 5) is 8.65. The van der Waals surface area contributed by atoms with Crippen molar-refractivity contribution in [3.8, 4) is 5.75 Å². The predicted molar refractivity (Wildman–Crippen MR) is 67.2 cm³/mol. The second kappa shape index (κ2) is 7.11. The Morgan fingerprint density at radius 2 is 2.06 bits per heavy atom. The molecule has 0 saturated heterocycles. The van der Waals surface area contributed by atoms with Crippen LogP contribution in [0.4, 0.5) is 0 Å². The summed E-state index contributed by atoms with van der Waals surface area (Å²) < 4.78 is 25.7. The van der Waals surface area contributed by atoms with Crippen LogP contribution in [0.25, 0.3) is 0 Å². The van der Waals surface area contributed by atoms with E-state index >= 15 is 0 Å². The van der Waals surface area contributed by atoms with Crippen molar-refractivity contribution in [2.24, 2.45) is 0 Å². The summed E-state index contributed by atoms with van der Waals surface area (Å²) in [6.07, 6.45) is -0.456. The van der Waals surface area contributed by atoms with Crippen LogP contribution < -0.4 is 4.74 Å². The molecule has 2 atom stereocenters. The van der Waals surface area contributed by atoms with E-state index in [0.717, 1.165) is 5.56 Å². The quantitative estimate of drug-likeness (QED) is 0.609. The molecular formula is C12H16O5P+. The Morgan fingerprint density at radius 3 is 2.56 bits per heavy atom. The van der Waals surface area contributed by atoms with Crippen LogP contribution in [0.3, 0.4) is 0 Å². The summed E-state index contributed by atoms with van der Waals surface area (Å²) >= 11 is 0. The van der Waals surface area contributed by atoms with Gasteiger partial charge in [-0.3, -0.25) is 0 Å². The van der Waals surface area contributed by atoms with Crippen molar-refractivity contribution in [1.82, 2.24) is 0 Å². The van der Waals surface area contributed by atoms with Crippen molar-refractivity contribution < 1.29 is 23.5 Å². The fourth-order valence-corrected chi connectivity index (χ4v) is 1.72. The van der Waals surface area contributed by atoms with Gasteiger partial charge in [-0.1, -0.05) is 12.1 Å². The van der Waals surface area contributed by atoms with Gasteiger partial charge >= 0.3 is 8.25 Å². The minimum absolute atomic E-state index is 0.230. The third-order valence-electron chi connectivity index (χ3n) is 2.13. The lowest BCUT2D eigenvalue weighted by molar-refractivity contribution is 0.118. The van der Waals surface area contributed by atoms with Crippen molar-refractivity contribution in [2.45, 2.75) is 20.0 Å². The first-order valence-electron chi connectivity index (χ1n) is 5.45. The lowest BCUT2D eigenvalue weighted by Gasteiger charge is -2.09. The van der Waals surface area contributed by atoms with Gasteiger partial charge in [0.2, 0.25) is 0 Å². The summed E-state index contributed by atoms with van der Waals surface area (Å²) in [6, 6.07) is 6.92. The van der Waals surface area contributed by atoms with Gasteiger partial charge < -0.3 is 9.47 Å². The van der Waals surface area contributed by atoms with E-state index in [-0.39, 0.29) is 5.95 Å². The fourth-order valence-electron chi connectivity index (χ4n) is 1.32. The van der Waals surface area contributed by atoms with E-state index < -0.39 is 14.4 Å². The maximum atomic E-state index is 10.5. The highest BCUT2D eigenvalue weighted by atomic mass is 31.1. The summed E-state index contributed by atoms with van der Waals surface area (Å²) in [5.74, 6) is 0.811. The standard InChI is InChI=1S/C12H15O5P/c1-4-15-10(3)16-12-7-5-11(6-8-12)9(2)17-18(13)14/h5-9H,3-4H2,1-2H3/p+1. The first-order valence-corrected chi connectivity index (χ1v) is 6.58. The number of rotatable bonds is 7. The average Bonchev–Trinajstić information content (AvgIpc) is 2.29. The highest BCUT2D eigenvalue weighted by molar-refractivity contribution is 7.32. The molecule has 0 aliphatic rings. The molecule has 0 aromatic heterocycles. The van der Waals surface area contributed by atoms with Gasteiger partial charge in [-0.15, -0.1) is 9.42 Å². The Hall–Kier alpha value is -1.42. The number of hydrogen-bond acceptors (Lipinski definition) is 4. The topological polar surface area (TPSA) is 65.0 Å². The van der Waals surface area contributed by atoms with Crippen LogP contribution in [0.15, 0.2) is 36.8 Å². The number of benzene rings is 1. The molecule has 0 heterocycles. The molecule has 0 saturated carbocycles. The van der Waals surface area contributed by atoms with Crippen LogP contribution in [0.1, 0.15) is 25.5 Å². The zero-order valence-corrected chi connectivity index (χ0v) is 11.2. The van der Waals surface area contributed by atoms with Gasteiger partial charge in [0.05, 0.1) is 6.61 Å². The Labute approximate surface area is 107 Å². The molecule has 0 spiro atoms. The molecule has 5 nitrogen and oxygen atoms in total. The maximum absolute atomic E-state index is 10.5.